The van der Waals surface area contributed by atoms with Crippen LogP contribution < -0.4 is 4.90 Å². The minimum absolute atomic E-state index is 0.122. The minimum Gasteiger partial charge on any atom is -0.478 e. The van der Waals surface area contributed by atoms with Crippen LogP contribution in [-0.2, 0) is 6.54 Å². The molecule has 2 rings (SSSR count). The smallest absolute Gasteiger partial charge is 0.335 e. The number of hydrogen-bond donors (Lipinski definition) is 1. The lowest BCUT2D eigenvalue weighted by Crippen LogP contribution is -2.18. The molecule has 6 heteroatoms. The van der Waals surface area contributed by atoms with E-state index in [1.807, 2.05) is 24.1 Å². The summed E-state index contributed by atoms with van der Waals surface area (Å²) in [7, 11) is 1.82. The number of carbonyl (C=O) groups is 1. The van der Waals surface area contributed by atoms with E-state index >= 15 is 0 Å². The Hall–Kier alpha value is -2.14. The lowest BCUT2D eigenvalue weighted by molar-refractivity contribution is 0.0697. The molecule has 0 atom stereocenters. The van der Waals surface area contributed by atoms with Crippen LogP contribution in [0.15, 0.2) is 36.7 Å². The molecule has 2 aromatic rings. The molecule has 0 aliphatic rings. The van der Waals surface area contributed by atoms with Crippen LogP contribution in [0.4, 0.5) is 5.82 Å². The van der Waals surface area contributed by atoms with Crippen molar-refractivity contribution in [3.8, 4) is 0 Å². The van der Waals surface area contributed by atoms with E-state index in [2.05, 4.69) is 9.97 Å². The molecule has 0 radical (unpaired) electrons. The van der Waals surface area contributed by atoms with E-state index in [-0.39, 0.29) is 10.7 Å². The molecule has 5 nitrogen and oxygen atoms in total. The zero-order valence-electron chi connectivity index (χ0n) is 10.2. The Morgan fingerprint density at radius 3 is 2.68 bits per heavy atom. The summed E-state index contributed by atoms with van der Waals surface area (Å²) in [6.07, 6.45) is 3.41. The number of pyridine rings is 2. The van der Waals surface area contributed by atoms with Crippen molar-refractivity contribution in [2.24, 2.45) is 0 Å². The molecule has 98 valence electrons. The summed E-state index contributed by atoms with van der Waals surface area (Å²) in [6.45, 7) is 0.592. The summed E-state index contributed by atoms with van der Waals surface area (Å²) in [5.41, 5.74) is 1.17. The first-order valence-corrected chi connectivity index (χ1v) is 5.95. The highest BCUT2D eigenvalue weighted by atomic mass is 35.5. The molecule has 0 saturated heterocycles. The van der Waals surface area contributed by atoms with Crippen molar-refractivity contribution >= 4 is 23.4 Å². The fourth-order valence-electron chi connectivity index (χ4n) is 1.65. The molecule has 19 heavy (non-hydrogen) atoms. The predicted molar refractivity (Wildman–Crippen MR) is 72.6 cm³/mol. The van der Waals surface area contributed by atoms with Crippen LogP contribution in [0.2, 0.25) is 5.15 Å². The topological polar surface area (TPSA) is 66.3 Å². The van der Waals surface area contributed by atoms with E-state index in [1.54, 1.807) is 12.4 Å². The number of carboxylic acids is 1. The van der Waals surface area contributed by atoms with Crippen molar-refractivity contribution in [3.05, 3.63) is 52.9 Å². The SMILES string of the molecule is CN(Cc1ccncc1)c1cc(C(=O)O)cc(Cl)n1. The molecule has 0 unspecified atom stereocenters. The molecular weight excluding hydrogens is 266 g/mol. The maximum Gasteiger partial charge on any atom is 0.335 e. The quantitative estimate of drug-likeness (QED) is 0.870. The Kier molecular flexibility index (Phi) is 3.97. The number of aromatic carboxylic acids is 1. The Morgan fingerprint density at radius 1 is 1.37 bits per heavy atom. The Bertz CT molecular complexity index is 590. The van der Waals surface area contributed by atoms with Crippen molar-refractivity contribution in [1.82, 2.24) is 9.97 Å². The van der Waals surface area contributed by atoms with Gasteiger partial charge in [-0.25, -0.2) is 9.78 Å². The second kappa shape index (κ2) is 5.67. The minimum atomic E-state index is -1.03. The third-order valence-corrected chi connectivity index (χ3v) is 2.78. The third kappa shape index (κ3) is 3.42. The summed E-state index contributed by atoms with van der Waals surface area (Å²) in [4.78, 5) is 20.9. The number of halogens is 1. The molecule has 0 amide bonds. The van der Waals surface area contributed by atoms with Crippen molar-refractivity contribution in [1.29, 1.82) is 0 Å². The first kappa shape index (κ1) is 13.3. The molecule has 0 saturated carbocycles. The monoisotopic (exact) mass is 277 g/mol. The molecule has 1 N–H and O–H groups in total. The molecule has 0 spiro atoms. The van der Waals surface area contributed by atoms with Crippen molar-refractivity contribution in [3.63, 3.8) is 0 Å². The van der Waals surface area contributed by atoms with Crippen LogP contribution in [0.3, 0.4) is 0 Å². The first-order valence-electron chi connectivity index (χ1n) is 5.57. The van der Waals surface area contributed by atoms with Crippen LogP contribution in [0.1, 0.15) is 15.9 Å². The maximum absolute atomic E-state index is 11.0. The molecule has 0 bridgehead atoms. The van der Waals surface area contributed by atoms with Gasteiger partial charge in [0.25, 0.3) is 0 Å². The van der Waals surface area contributed by atoms with Gasteiger partial charge in [-0.2, -0.15) is 0 Å². The lowest BCUT2D eigenvalue weighted by atomic mass is 10.2. The van der Waals surface area contributed by atoms with Gasteiger partial charge in [0, 0.05) is 26.0 Å². The summed E-state index contributed by atoms with van der Waals surface area (Å²) in [5.74, 6) is -0.510. The first-order chi connectivity index (χ1) is 9.06. The van der Waals surface area contributed by atoms with Crippen LogP contribution >= 0.6 is 11.6 Å². The molecule has 0 aliphatic carbocycles. The summed E-state index contributed by atoms with van der Waals surface area (Å²) in [6, 6.07) is 6.60. The van der Waals surface area contributed by atoms with Crippen LogP contribution in [-0.4, -0.2) is 28.1 Å². The van der Waals surface area contributed by atoms with Gasteiger partial charge in [0.05, 0.1) is 5.56 Å². The summed E-state index contributed by atoms with van der Waals surface area (Å²) >= 11 is 5.83. The van der Waals surface area contributed by atoms with Crippen molar-refractivity contribution in [2.45, 2.75) is 6.54 Å². The van der Waals surface area contributed by atoms with Gasteiger partial charge < -0.3 is 10.0 Å². The average Bonchev–Trinajstić information content (AvgIpc) is 2.39. The molecule has 0 aromatic carbocycles. The second-order valence-electron chi connectivity index (χ2n) is 4.05. The zero-order chi connectivity index (χ0) is 13.8. The standard InChI is InChI=1S/C13H12ClN3O2/c1-17(8-9-2-4-15-5-3-9)12-7-10(13(18)19)6-11(14)16-12/h2-7H,8H2,1H3,(H,18,19). The lowest BCUT2D eigenvalue weighted by Gasteiger charge is -2.18. The van der Waals surface area contributed by atoms with Gasteiger partial charge in [-0.05, 0) is 29.8 Å². The van der Waals surface area contributed by atoms with E-state index in [9.17, 15) is 4.79 Å². The van der Waals surface area contributed by atoms with E-state index < -0.39 is 5.97 Å². The largest absolute Gasteiger partial charge is 0.478 e. The van der Waals surface area contributed by atoms with E-state index in [4.69, 9.17) is 16.7 Å². The van der Waals surface area contributed by atoms with Crippen LogP contribution in [0.25, 0.3) is 0 Å². The van der Waals surface area contributed by atoms with Gasteiger partial charge in [0.1, 0.15) is 11.0 Å². The fraction of sp³-hybridized carbons (Fsp3) is 0.154. The average molecular weight is 278 g/mol. The van der Waals surface area contributed by atoms with Gasteiger partial charge in [-0.3, -0.25) is 4.98 Å². The van der Waals surface area contributed by atoms with Crippen LogP contribution in [0, 0.1) is 0 Å². The van der Waals surface area contributed by atoms with Gasteiger partial charge >= 0.3 is 5.97 Å². The normalized spacial score (nSPS) is 10.2. The molecule has 0 fully saturated rings. The number of aromatic nitrogens is 2. The predicted octanol–water partition coefficient (Wildman–Crippen LogP) is 2.46. The van der Waals surface area contributed by atoms with Crippen LogP contribution in [0.5, 0.6) is 0 Å². The second-order valence-corrected chi connectivity index (χ2v) is 4.44. The number of carboxylic acid groups (broad SMARTS) is 1. The Balaban J connectivity index is 2.24. The molecule has 2 aromatic heterocycles. The van der Waals surface area contributed by atoms with E-state index in [0.29, 0.717) is 12.4 Å². The molecule has 2 heterocycles. The highest BCUT2D eigenvalue weighted by Crippen LogP contribution is 2.18. The highest BCUT2D eigenvalue weighted by molar-refractivity contribution is 6.29. The molecule has 0 aliphatic heterocycles. The van der Waals surface area contributed by atoms with Crippen molar-refractivity contribution < 1.29 is 9.90 Å². The number of anilines is 1. The van der Waals surface area contributed by atoms with Gasteiger partial charge in [0.2, 0.25) is 0 Å². The van der Waals surface area contributed by atoms with Gasteiger partial charge in [-0.15, -0.1) is 0 Å². The van der Waals surface area contributed by atoms with E-state index in [1.165, 1.54) is 12.1 Å². The zero-order valence-corrected chi connectivity index (χ0v) is 11.0. The summed E-state index contributed by atoms with van der Waals surface area (Å²) in [5, 5.41) is 9.16. The number of nitrogens with zero attached hydrogens (tertiary/aromatic N) is 3. The van der Waals surface area contributed by atoms with E-state index in [0.717, 1.165) is 5.56 Å². The molecular formula is C13H12ClN3O2. The Morgan fingerprint density at radius 2 is 2.05 bits per heavy atom. The Labute approximate surface area is 115 Å². The fourth-order valence-corrected chi connectivity index (χ4v) is 1.85. The third-order valence-electron chi connectivity index (χ3n) is 2.59. The van der Waals surface area contributed by atoms with Crippen molar-refractivity contribution in [2.75, 3.05) is 11.9 Å². The van der Waals surface area contributed by atoms with Gasteiger partial charge in [0.15, 0.2) is 0 Å². The maximum atomic E-state index is 11.0. The summed E-state index contributed by atoms with van der Waals surface area (Å²) < 4.78 is 0. The van der Waals surface area contributed by atoms with Gasteiger partial charge in [-0.1, -0.05) is 11.6 Å². The number of rotatable bonds is 4. The highest BCUT2D eigenvalue weighted by Gasteiger charge is 2.10. The number of hydrogen-bond acceptors (Lipinski definition) is 4.